The average Bonchev–Trinajstić information content (AvgIpc) is 3.41. The van der Waals surface area contributed by atoms with Crippen LogP contribution in [0.2, 0.25) is 0 Å². The maximum absolute atomic E-state index is 12.8. The van der Waals surface area contributed by atoms with Crippen molar-refractivity contribution in [2.75, 3.05) is 32.8 Å². The Balaban J connectivity index is 1.39. The van der Waals surface area contributed by atoms with Crippen molar-refractivity contribution >= 4 is 11.8 Å². The van der Waals surface area contributed by atoms with E-state index in [-0.39, 0.29) is 17.9 Å². The number of rotatable bonds is 5. The maximum Gasteiger partial charge on any atom is 0.255 e. The SMILES string of the molecule is Cc1nccn1CCC(=O)N1CCC[C@@H]1c1ccc(C(=O)N2CCOCC2)cn1. The summed E-state index contributed by atoms with van der Waals surface area (Å²) in [4.78, 5) is 37.9. The van der Waals surface area contributed by atoms with E-state index >= 15 is 0 Å². The van der Waals surface area contributed by atoms with Gasteiger partial charge in [0.25, 0.3) is 5.91 Å². The van der Waals surface area contributed by atoms with Gasteiger partial charge < -0.3 is 19.1 Å². The molecule has 4 rings (SSSR count). The van der Waals surface area contributed by atoms with E-state index in [1.165, 1.54) is 0 Å². The fourth-order valence-corrected chi connectivity index (χ4v) is 4.05. The lowest BCUT2D eigenvalue weighted by molar-refractivity contribution is -0.132. The van der Waals surface area contributed by atoms with Crippen LogP contribution in [0.25, 0.3) is 0 Å². The van der Waals surface area contributed by atoms with Crippen LogP contribution in [0, 0.1) is 6.92 Å². The first kappa shape index (κ1) is 19.6. The van der Waals surface area contributed by atoms with Crippen LogP contribution in [-0.2, 0) is 16.1 Å². The molecule has 2 aliphatic rings. The highest BCUT2D eigenvalue weighted by Crippen LogP contribution is 2.31. The molecule has 0 N–H and O–H groups in total. The summed E-state index contributed by atoms with van der Waals surface area (Å²) in [6.45, 7) is 5.71. The minimum absolute atomic E-state index is 0.0117. The predicted molar refractivity (Wildman–Crippen MR) is 106 cm³/mol. The van der Waals surface area contributed by atoms with Gasteiger partial charge in [-0.1, -0.05) is 0 Å². The lowest BCUT2D eigenvalue weighted by Crippen LogP contribution is -2.40. The average molecular weight is 397 g/mol. The number of imidazole rings is 1. The van der Waals surface area contributed by atoms with Crippen molar-refractivity contribution in [3.63, 3.8) is 0 Å². The molecule has 2 aliphatic heterocycles. The second-order valence-corrected chi connectivity index (χ2v) is 7.54. The summed E-state index contributed by atoms with van der Waals surface area (Å²) in [7, 11) is 0. The fourth-order valence-electron chi connectivity index (χ4n) is 4.05. The molecule has 1 atom stereocenters. The molecule has 4 heterocycles. The second kappa shape index (κ2) is 8.73. The molecular formula is C21H27N5O3. The molecule has 2 saturated heterocycles. The van der Waals surface area contributed by atoms with Gasteiger partial charge in [-0.15, -0.1) is 0 Å². The summed E-state index contributed by atoms with van der Waals surface area (Å²) in [6, 6.07) is 3.71. The molecule has 29 heavy (non-hydrogen) atoms. The van der Waals surface area contributed by atoms with Gasteiger partial charge in [-0.05, 0) is 31.9 Å². The minimum atomic E-state index is -0.0149. The number of carbonyl (C=O) groups excluding carboxylic acids is 2. The zero-order valence-electron chi connectivity index (χ0n) is 16.8. The Kier molecular flexibility index (Phi) is 5.89. The van der Waals surface area contributed by atoms with E-state index in [0.29, 0.717) is 44.8 Å². The van der Waals surface area contributed by atoms with E-state index in [2.05, 4.69) is 9.97 Å². The fraction of sp³-hybridized carbons (Fsp3) is 0.524. The largest absolute Gasteiger partial charge is 0.378 e. The molecule has 8 nitrogen and oxygen atoms in total. The Bertz CT molecular complexity index is 857. The van der Waals surface area contributed by atoms with Crippen molar-refractivity contribution in [1.82, 2.24) is 24.3 Å². The van der Waals surface area contributed by atoms with Crippen molar-refractivity contribution < 1.29 is 14.3 Å². The Morgan fingerprint density at radius 3 is 2.69 bits per heavy atom. The smallest absolute Gasteiger partial charge is 0.255 e. The van der Waals surface area contributed by atoms with Gasteiger partial charge in [0.15, 0.2) is 0 Å². The van der Waals surface area contributed by atoms with Crippen LogP contribution in [0.4, 0.5) is 0 Å². The number of likely N-dealkylation sites (tertiary alicyclic amines) is 1. The molecule has 0 aromatic carbocycles. The van der Waals surface area contributed by atoms with Gasteiger partial charge in [-0.2, -0.15) is 0 Å². The van der Waals surface area contributed by atoms with Gasteiger partial charge in [0, 0.05) is 51.2 Å². The van der Waals surface area contributed by atoms with Crippen LogP contribution >= 0.6 is 0 Å². The highest BCUT2D eigenvalue weighted by atomic mass is 16.5. The molecule has 0 radical (unpaired) electrons. The molecule has 0 aliphatic carbocycles. The molecule has 2 aromatic rings. The Hall–Kier alpha value is -2.74. The summed E-state index contributed by atoms with van der Waals surface area (Å²) >= 11 is 0. The van der Waals surface area contributed by atoms with Crippen molar-refractivity contribution in [3.05, 3.63) is 47.8 Å². The number of aromatic nitrogens is 3. The van der Waals surface area contributed by atoms with Gasteiger partial charge in [0.05, 0.1) is 30.5 Å². The molecule has 0 spiro atoms. The lowest BCUT2D eigenvalue weighted by atomic mass is 10.1. The van der Waals surface area contributed by atoms with E-state index in [0.717, 1.165) is 30.9 Å². The number of aryl methyl sites for hydroxylation is 2. The van der Waals surface area contributed by atoms with E-state index in [9.17, 15) is 9.59 Å². The quantitative estimate of drug-likeness (QED) is 0.769. The van der Waals surface area contributed by atoms with Crippen LogP contribution in [0.15, 0.2) is 30.7 Å². The van der Waals surface area contributed by atoms with Gasteiger partial charge in [0.1, 0.15) is 5.82 Å². The van der Waals surface area contributed by atoms with Crippen molar-refractivity contribution in [2.45, 2.75) is 38.8 Å². The maximum atomic E-state index is 12.8. The second-order valence-electron chi connectivity index (χ2n) is 7.54. The van der Waals surface area contributed by atoms with Crippen molar-refractivity contribution in [1.29, 1.82) is 0 Å². The monoisotopic (exact) mass is 397 g/mol. The molecule has 154 valence electrons. The lowest BCUT2D eigenvalue weighted by Gasteiger charge is -2.27. The molecule has 2 aromatic heterocycles. The number of hydrogen-bond acceptors (Lipinski definition) is 5. The first-order valence-electron chi connectivity index (χ1n) is 10.2. The zero-order chi connectivity index (χ0) is 20.2. The summed E-state index contributed by atoms with van der Waals surface area (Å²) in [6.07, 6.45) is 7.61. The van der Waals surface area contributed by atoms with Crippen molar-refractivity contribution in [3.8, 4) is 0 Å². The van der Waals surface area contributed by atoms with Gasteiger partial charge in [-0.3, -0.25) is 14.6 Å². The predicted octanol–water partition coefficient (Wildman–Crippen LogP) is 1.81. The number of morpholine rings is 1. The summed E-state index contributed by atoms with van der Waals surface area (Å²) in [5.41, 5.74) is 1.44. The molecular weight excluding hydrogens is 370 g/mol. The highest BCUT2D eigenvalue weighted by molar-refractivity contribution is 5.94. The van der Waals surface area contributed by atoms with E-state index in [4.69, 9.17) is 4.74 Å². The third-order valence-electron chi connectivity index (χ3n) is 5.74. The Labute approximate surface area is 170 Å². The number of nitrogens with zero attached hydrogens (tertiary/aromatic N) is 5. The van der Waals surface area contributed by atoms with Crippen molar-refractivity contribution in [2.24, 2.45) is 0 Å². The van der Waals surface area contributed by atoms with E-state index in [1.807, 2.05) is 34.7 Å². The standard InChI is InChI=1S/C21H27N5O3/c1-16-22-7-10-24(16)9-6-20(27)26-8-2-3-19(26)18-5-4-17(15-23-18)21(28)25-11-13-29-14-12-25/h4-5,7,10,15,19H,2-3,6,8-9,11-14H2,1H3/t19-/m1/s1. The van der Waals surface area contributed by atoms with Crippen LogP contribution < -0.4 is 0 Å². The third-order valence-corrected chi connectivity index (χ3v) is 5.74. The summed E-state index contributed by atoms with van der Waals surface area (Å²) in [5, 5.41) is 0. The highest BCUT2D eigenvalue weighted by Gasteiger charge is 2.31. The number of carbonyl (C=O) groups is 2. The van der Waals surface area contributed by atoms with Gasteiger partial charge >= 0.3 is 0 Å². The van der Waals surface area contributed by atoms with E-state index < -0.39 is 0 Å². The van der Waals surface area contributed by atoms with Crippen LogP contribution in [0.1, 0.15) is 47.2 Å². The van der Waals surface area contributed by atoms with Gasteiger partial charge in [0.2, 0.25) is 5.91 Å². The Morgan fingerprint density at radius 1 is 1.17 bits per heavy atom. The third kappa shape index (κ3) is 4.32. The molecule has 0 unspecified atom stereocenters. The topological polar surface area (TPSA) is 80.6 Å². The molecule has 8 heteroatoms. The number of ether oxygens (including phenoxy) is 1. The molecule has 0 bridgehead atoms. The normalized spacial score (nSPS) is 19.6. The number of pyridine rings is 1. The molecule has 2 fully saturated rings. The summed E-state index contributed by atoms with van der Waals surface area (Å²) in [5.74, 6) is 1.04. The Morgan fingerprint density at radius 2 is 2.00 bits per heavy atom. The summed E-state index contributed by atoms with van der Waals surface area (Å²) < 4.78 is 7.30. The molecule has 0 saturated carbocycles. The van der Waals surface area contributed by atoms with Crippen LogP contribution in [-0.4, -0.2) is 69.0 Å². The minimum Gasteiger partial charge on any atom is -0.378 e. The van der Waals surface area contributed by atoms with Gasteiger partial charge in [-0.25, -0.2) is 4.98 Å². The number of hydrogen-bond donors (Lipinski definition) is 0. The van der Waals surface area contributed by atoms with Crippen LogP contribution in [0.5, 0.6) is 0 Å². The number of amides is 2. The van der Waals surface area contributed by atoms with E-state index in [1.54, 1.807) is 17.3 Å². The first-order valence-corrected chi connectivity index (χ1v) is 10.2. The molecule has 2 amide bonds. The van der Waals surface area contributed by atoms with Crippen LogP contribution in [0.3, 0.4) is 0 Å². The first-order chi connectivity index (χ1) is 14.1. The zero-order valence-corrected chi connectivity index (χ0v) is 16.8.